The molecular formula is C51H42O4Ti. The topological polar surface area (TPSA) is 52.6 Å². The SMILES string of the molecule is [CH2]=[Ti]([O]C(=O)C(c1ccccc1)(c1ccccc1)c1ccccc1)([O]C(=O)C(c1ccccc1)(c1ccccc1)c1ccccc1)([C]1=CC=CC1)[C]1=CC=CC1. The third-order valence-electron chi connectivity index (χ3n) is 11.3. The second kappa shape index (κ2) is 15.1. The van der Waals surface area contributed by atoms with Gasteiger partial charge in [0.25, 0.3) is 0 Å². The summed E-state index contributed by atoms with van der Waals surface area (Å²) in [6.45, 7) is 0. The first kappa shape index (κ1) is 36.8. The van der Waals surface area contributed by atoms with Gasteiger partial charge in [-0.3, -0.25) is 0 Å². The predicted octanol–water partition coefficient (Wildman–Crippen LogP) is 10.8. The zero-order valence-corrected chi connectivity index (χ0v) is 32.6. The predicted molar refractivity (Wildman–Crippen MR) is 221 cm³/mol. The molecule has 0 aromatic heterocycles. The van der Waals surface area contributed by atoms with Crippen molar-refractivity contribution in [3.63, 3.8) is 0 Å². The molecular weight excluding hydrogens is 724 g/mol. The molecule has 0 heterocycles. The summed E-state index contributed by atoms with van der Waals surface area (Å²) >= 11 is -6.03. The Morgan fingerprint density at radius 3 is 0.839 bits per heavy atom. The van der Waals surface area contributed by atoms with Crippen LogP contribution in [0.4, 0.5) is 0 Å². The quantitative estimate of drug-likeness (QED) is 0.0919. The van der Waals surface area contributed by atoms with Crippen LogP contribution in [-0.2, 0) is 42.7 Å². The number of benzene rings is 6. The van der Waals surface area contributed by atoms with Gasteiger partial charge in [0.2, 0.25) is 0 Å². The van der Waals surface area contributed by atoms with E-state index in [-0.39, 0.29) is 0 Å². The van der Waals surface area contributed by atoms with E-state index in [9.17, 15) is 0 Å². The van der Waals surface area contributed by atoms with E-state index in [4.69, 9.17) is 11.5 Å². The molecule has 0 spiro atoms. The van der Waals surface area contributed by atoms with Crippen molar-refractivity contribution in [2.45, 2.75) is 23.7 Å². The molecule has 56 heavy (non-hydrogen) atoms. The van der Waals surface area contributed by atoms with Gasteiger partial charge in [0, 0.05) is 0 Å². The molecule has 4 nitrogen and oxygen atoms in total. The Kier molecular flexibility index (Phi) is 9.95. The zero-order chi connectivity index (χ0) is 38.5. The third-order valence-corrected chi connectivity index (χ3v) is 18.5. The van der Waals surface area contributed by atoms with E-state index in [1.165, 1.54) is 0 Å². The second-order valence-corrected chi connectivity index (χ2v) is 21.0. The number of rotatable bonds is 12. The second-order valence-electron chi connectivity index (χ2n) is 14.4. The van der Waals surface area contributed by atoms with Gasteiger partial charge >= 0.3 is 332 Å². The van der Waals surface area contributed by atoms with Crippen LogP contribution >= 0.6 is 0 Å². The molecule has 0 aliphatic heterocycles. The summed E-state index contributed by atoms with van der Waals surface area (Å²) in [5.41, 5.74) is 1.42. The average molecular weight is 767 g/mol. The Bertz CT molecular complexity index is 2160. The van der Waals surface area contributed by atoms with Gasteiger partial charge in [-0.25, -0.2) is 0 Å². The van der Waals surface area contributed by atoms with E-state index >= 15 is 9.59 Å². The van der Waals surface area contributed by atoms with Crippen molar-refractivity contribution in [2.24, 2.45) is 0 Å². The molecule has 0 amide bonds. The minimum absolute atomic E-state index is 0.419. The first-order chi connectivity index (χ1) is 27.4. The van der Waals surface area contributed by atoms with E-state index in [1.807, 2.05) is 218 Å². The maximum atomic E-state index is 16.1. The van der Waals surface area contributed by atoms with Gasteiger partial charge in [-0.15, -0.1) is 0 Å². The van der Waals surface area contributed by atoms with Crippen LogP contribution in [0.25, 0.3) is 0 Å². The maximum absolute atomic E-state index is 16.1. The molecule has 6 aromatic rings. The summed E-state index contributed by atoms with van der Waals surface area (Å²) in [5, 5.41) is 0. The molecule has 5 heteroatoms. The Morgan fingerprint density at radius 1 is 0.411 bits per heavy atom. The molecule has 0 saturated heterocycles. The molecule has 0 bridgehead atoms. The van der Waals surface area contributed by atoms with Crippen molar-refractivity contribution in [1.29, 1.82) is 0 Å². The summed E-state index contributed by atoms with van der Waals surface area (Å²) in [4.78, 5) is 37.3. The van der Waals surface area contributed by atoms with Crippen molar-refractivity contribution >= 4 is 16.8 Å². The van der Waals surface area contributed by atoms with Crippen LogP contribution in [0, 0.1) is 0 Å². The Labute approximate surface area is 330 Å². The van der Waals surface area contributed by atoms with E-state index in [0.717, 1.165) is 33.4 Å². The summed E-state index contributed by atoms with van der Waals surface area (Å²) in [7, 11) is 0. The van der Waals surface area contributed by atoms with E-state index in [0.29, 0.717) is 20.6 Å². The van der Waals surface area contributed by atoms with Gasteiger partial charge in [-0.05, 0) is 0 Å². The zero-order valence-electron chi connectivity index (χ0n) is 31.0. The van der Waals surface area contributed by atoms with E-state index < -0.39 is 38.4 Å². The number of allylic oxidation sites excluding steroid dienone is 8. The fourth-order valence-electron chi connectivity index (χ4n) is 8.52. The van der Waals surface area contributed by atoms with Crippen molar-refractivity contribution in [3.8, 4) is 0 Å². The van der Waals surface area contributed by atoms with Gasteiger partial charge in [0.15, 0.2) is 0 Å². The third kappa shape index (κ3) is 6.03. The van der Waals surface area contributed by atoms with Crippen LogP contribution in [0.1, 0.15) is 46.2 Å². The number of carbonyl (C=O) groups excluding carboxylic acids is 2. The molecule has 0 fully saturated rings. The number of carbonyl (C=O) groups is 2. The Hall–Kier alpha value is -6.20. The Morgan fingerprint density at radius 2 is 0.643 bits per heavy atom. The van der Waals surface area contributed by atoms with Gasteiger partial charge in [0.05, 0.1) is 0 Å². The van der Waals surface area contributed by atoms with Crippen LogP contribution in [0.3, 0.4) is 0 Å². The first-order valence-corrected chi connectivity index (χ1v) is 22.9. The molecule has 2 aliphatic rings. The van der Waals surface area contributed by atoms with Crippen molar-refractivity contribution in [2.75, 3.05) is 0 Å². The molecule has 0 saturated carbocycles. The van der Waals surface area contributed by atoms with Crippen molar-refractivity contribution in [3.05, 3.63) is 260 Å². The number of hydrogen-bond acceptors (Lipinski definition) is 4. The molecule has 8 rings (SSSR count). The monoisotopic (exact) mass is 766 g/mol. The average Bonchev–Trinajstić information content (AvgIpc) is 4.02. The molecule has 2 aliphatic carbocycles. The van der Waals surface area contributed by atoms with Gasteiger partial charge in [-0.2, -0.15) is 0 Å². The van der Waals surface area contributed by atoms with Crippen molar-refractivity contribution < 1.29 is 31.8 Å². The summed E-state index contributed by atoms with van der Waals surface area (Å²) < 4.78 is 16.2. The van der Waals surface area contributed by atoms with Crippen LogP contribution in [0.5, 0.6) is 0 Å². The normalized spacial score (nSPS) is 14.2. The fraction of sp³-hybridized carbons (Fsp3) is 0.0784. The summed E-state index contributed by atoms with van der Waals surface area (Å²) in [5.74, 6) is -1.13. The number of hydrogen-bond donors (Lipinski definition) is 0. The molecule has 0 unspecified atom stereocenters. The summed E-state index contributed by atoms with van der Waals surface area (Å²) in [6.07, 6.45) is 12.6. The van der Waals surface area contributed by atoms with E-state index in [1.54, 1.807) is 0 Å². The van der Waals surface area contributed by atoms with Crippen LogP contribution in [-0.4, -0.2) is 16.8 Å². The van der Waals surface area contributed by atoms with Crippen LogP contribution < -0.4 is 0 Å². The van der Waals surface area contributed by atoms with Crippen molar-refractivity contribution in [1.82, 2.24) is 0 Å². The first-order valence-electron chi connectivity index (χ1n) is 19.0. The van der Waals surface area contributed by atoms with Gasteiger partial charge in [-0.1, -0.05) is 0 Å². The fourth-order valence-corrected chi connectivity index (χ4v) is 14.8. The van der Waals surface area contributed by atoms with Gasteiger partial charge in [0.1, 0.15) is 0 Å². The molecule has 6 aromatic carbocycles. The molecule has 274 valence electrons. The van der Waals surface area contributed by atoms with Gasteiger partial charge < -0.3 is 0 Å². The van der Waals surface area contributed by atoms with Crippen LogP contribution in [0.2, 0.25) is 0 Å². The molecule has 0 N–H and O–H groups in total. The molecule has 0 radical (unpaired) electrons. The Balaban J connectivity index is 1.41. The van der Waals surface area contributed by atoms with E-state index in [2.05, 4.69) is 0 Å². The summed E-state index contributed by atoms with van der Waals surface area (Å²) in [6, 6.07) is 58.2. The minimum atomic E-state index is -6.03. The van der Waals surface area contributed by atoms with Crippen LogP contribution in [0.15, 0.2) is 226 Å². The molecule has 0 atom stereocenters. The standard InChI is InChI=1S/2C20H16O2.2C5H5.CH2.Ti/c2*21-19(22)20(16-10-4-1-5-11-16,17-12-6-2-7-13-17)18-14-8-3-9-15-18;2*1-2-4-5-3-1;;/h2*1-15H,(H,21,22);2*1-3H,4H2;1H2;/q;;;;;+2/p-2.